The molecule has 0 amide bonds. The Kier molecular flexibility index (Phi) is 3.28. The zero-order valence-electron chi connectivity index (χ0n) is 10.7. The molecule has 1 aromatic heterocycles. The summed E-state index contributed by atoms with van der Waals surface area (Å²) in [7, 11) is 0. The first kappa shape index (κ1) is 12.5. The van der Waals surface area contributed by atoms with Crippen molar-refractivity contribution in [1.29, 1.82) is 0 Å². The molecule has 0 bridgehead atoms. The van der Waals surface area contributed by atoms with Gasteiger partial charge in [-0.3, -0.25) is 0 Å². The molecule has 0 saturated heterocycles. The molecular weight excluding hydrogens is 232 g/mol. The molecule has 96 valence electrons. The monoisotopic (exact) mass is 248 g/mol. The van der Waals surface area contributed by atoms with Crippen LogP contribution in [-0.4, -0.2) is 17.7 Å². The predicted molar refractivity (Wildman–Crippen MR) is 68.4 cm³/mol. The van der Waals surface area contributed by atoms with Crippen LogP contribution < -0.4 is 4.74 Å². The Morgan fingerprint density at radius 3 is 2.72 bits per heavy atom. The van der Waals surface area contributed by atoms with Gasteiger partial charge in [-0.1, -0.05) is 26.0 Å². The first-order valence-electron chi connectivity index (χ1n) is 5.97. The maximum absolute atomic E-state index is 11.2. The predicted octanol–water partition coefficient (Wildman–Crippen LogP) is 3.65. The third-order valence-corrected chi connectivity index (χ3v) is 2.79. The van der Waals surface area contributed by atoms with Crippen LogP contribution in [-0.2, 0) is 0 Å². The molecule has 2 aromatic rings. The molecule has 1 aromatic carbocycles. The van der Waals surface area contributed by atoms with E-state index in [9.17, 15) is 9.90 Å². The molecule has 0 aliphatic carbocycles. The molecule has 0 spiro atoms. The number of benzene rings is 1. The van der Waals surface area contributed by atoms with Crippen LogP contribution in [0.4, 0.5) is 0 Å². The van der Waals surface area contributed by atoms with Gasteiger partial charge in [-0.2, -0.15) is 0 Å². The minimum atomic E-state index is -1.04. The Hall–Kier alpha value is -1.97. The minimum Gasteiger partial charge on any atom is -0.490 e. The summed E-state index contributed by atoms with van der Waals surface area (Å²) in [6.45, 7) is 6.29. The summed E-state index contributed by atoms with van der Waals surface area (Å²) in [5.41, 5.74) is 1.24. The Morgan fingerprint density at radius 2 is 2.17 bits per heavy atom. The highest BCUT2D eigenvalue weighted by atomic mass is 16.5. The fourth-order valence-corrected chi connectivity index (χ4v) is 2.11. The van der Waals surface area contributed by atoms with E-state index in [1.54, 1.807) is 6.07 Å². The Balaban J connectivity index is 2.75. The zero-order chi connectivity index (χ0) is 13.3. The number of carbonyl (C=O) groups is 1. The van der Waals surface area contributed by atoms with Crippen LogP contribution in [0.2, 0.25) is 0 Å². The molecule has 0 unspecified atom stereocenters. The highest BCUT2D eigenvalue weighted by molar-refractivity contribution is 5.97. The van der Waals surface area contributed by atoms with Crippen molar-refractivity contribution >= 4 is 16.9 Å². The van der Waals surface area contributed by atoms with Crippen LogP contribution >= 0.6 is 0 Å². The molecule has 0 atom stereocenters. The third kappa shape index (κ3) is 1.94. The van der Waals surface area contributed by atoms with Crippen molar-refractivity contribution in [2.75, 3.05) is 6.61 Å². The van der Waals surface area contributed by atoms with Crippen molar-refractivity contribution in [1.82, 2.24) is 0 Å². The molecule has 0 aliphatic heterocycles. The molecule has 1 heterocycles. The Labute approximate surface area is 105 Å². The molecule has 18 heavy (non-hydrogen) atoms. The first-order chi connectivity index (χ1) is 8.56. The van der Waals surface area contributed by atoms with Crippen molar-refractivity contribution in [2.24, 2.45) is 0 Å². The first-order valence-corrected chi connectivity index (χ1v) is 5.97. The number of ether oxygens (including phenoxy) is 1. The molecule has 0 saturated carbocycles. The van der Waals surface area contributed by atoms with Crippen LogP contribution in [0.1, 0.15) is 42.8 Å². The van der Waals surface area contributed by atoms with Crippen molar-refractivity contribution in [3.8, 4) is 5.75 Å². The normalized spacial score (nSPS) is 11.1. The van der Waals surface area contributed by atoms with E-state index in [0.717, 1.165) is 10.9 Å². The summed E-state index contributed by atoms with van der Waals surface area (Å²) in [4.78, 5) is 11.2. The van der Waals surface area contributed by atoms with Crippen LogP contribution in [0.25, 0.3) is 11.0 Å². The fraction of sp³-hybridized carbons (Fsp3) is 0.357. The van der Waals surface area contributed by atoms with Gasteiger partial charge in [0.05, 0.1) is 6.61 Å². The number of para-hydroxylation sites is 1. The van der Waals surface area contributed by atoms with Crippen LogP contribution in [0.5, 0.6) is 5.75 Å². The van der Waals surface area contributed by atoms with E-state index < -0.39 is 5.97 Å². The number of rotatable bonds is 4. The smallest absolute Gasteiger partial charge is 0.372 e. The summed E-state index contributed by atoms with van der Waals surface area (Å²) in [6.07, 6.45) is 0. The molecule has 1 N–H and O–H groups in total. The molecule has 0 fully saturated rings. The zero-order valence-corrected chi connectivity index (χ0v) is 10.7. The number of furan rings is 1. The van der Waals surface area contributed by atoms with Crippen molar-refractivity contribution in [2.45, 2.75) is 26.7 Å². The van der Waals surface area contributed by atoms with Gasteiger partial charge in [0.2, 0.25) is 5.76 Å². The van der Waals surface area contributed by atoms with Crippen LogP contribution in [0, 0.1) is 0 Å². The SMILES string of the molecule is CCOc1cccc2c(C(C)C)c(C(=O)O)oc12. The Morgan fingerprint density at radius 1 is 1.44 bits per heavy atom. The van der Waals surface area contributed by atoms with Gasteiger partial charge in [-0.15, -0.1) is 0 Å². The van der Waals surface area contributed by atoms with E-state index in [1.807, 2.05) is 32.9 Å². The highest BCUT2D eigenvalue weighted by Gasteiger charge is 2.23. The molecule has 4 heteroatoms. The summed E-state index contributed by atoms with van der Waals surface area (Å²) < 4.78 is 10.9. The average Bonchev–Trinajstić information content (AvgIpc) is 2.69. The van der Waals surface area contributed by atoms with Crippen molar-refractivity contribution < 1.29 is 19.1 Å². The number of fused-ring (bicyclic) bond motifs is 1. The van der Waals surface area contributed by atoms with Gasteiger partial charge in [0.25, 0.3) is 0 Å². The fourth-order valence-electron chi connectivity index (χ4n) is 2.11. The summed E-state index contributed by atoms with van der Waals surface area (Å²) >= 11 is 0. The summed E-state index contributed by atoms with van der Waals surface area (Å²) in [6, 6.07) is 5.49. The number of hydrogen-bond acceptors (Lipinski definition) is 3. The lowest BCUT2D eigenvalue weighted by Gasteiger charge is -2.04. The van der Waals surface area contributed by atoms with Gasteiger partial charge in [-0.25, -0.2) is 4.79 Å². The molecule has 0 aliphatic rings. The van der Waals surface area contributed by atoms with Crippen molar-refractivity contribution in [3.63, 3.8) is 0 Å². The van der Waals surface area contributed by atoms with E-state index in [2.05, 4.69) is 0 Å². The standard InChI is InChI=1S/C14H16O4/c1-4-17-10-7-5-6-9-11(8(2)3)13(14(15)16)18-12(9)10/h5-8H,4H2,1-3H3,(H,15,16). The average molecular weight is 248 g/mol. The lowest BCUT2D eigenvalue weighted by Crippen LogP contribution is -2.00. The van der Waals surface area contributed by atoms with E-state index in [-0.39, 0.29) is 11.7 Å². The van der Waals surface area contributed by atoms with Gasteiger partial charge in [0.15, 0.2) is 11.3 Å². The minimum absolute atomic E-state index is 0.00662. The maximum Gasteiger partial charge on any atom is 0.372 e. The lowest BCUT2D eigenvalue weighted by atomic mass is 9.99. The summed E-state index contributed by atoms with van der Waals surface area (Å²) in [5.74, 6) is -0.372. The Bertz CT molecular complexity index is 581. The lowest BCUT2D eigenvalue weighted by molar-refractivity contribution is 0.0662. The second kappa shape index (κ2) is 4.72. The maximum atomic E-state index is 11.2. The molecular formula is C14H16O4. The van der Waals surface area contributed by atoms with Crippen molar-refractivity contribution in [3.05, 3.63) is 29.5 Å². The third-order valence-electron chi connectivity index (χ3n) is 2.79. The number of carboxylic acid groups (broad SMARTS) is 1. The van der Waals surface area contributed by atoms with Crippen LogP contribution in [0.3, 0.4) is 0 Å². The van der Waals surface area contributed by atoms with Gasteiger partial charge in [0, 0.05) is 10.9 Å². The number of carboxylic acids is 1. The van der Waals surface area contributed by atoms with Crippen LogP contribution in [0.15, 0.2) is 22.6 Å². The topological polar surface area (TPSA) is 59.7 Å². The summed E-state index contributed by atoms with van der Waals surface area (Å²) in [5, 5.41) is 10.0. The molecule has 2 rings (SSSR count). The van der Waals surface area contributed by atoms with E-state index >= 15 is 0 Å². The largest absolute Gasteiger partial charge is 0.490 e. The van der Waals surface area contributed by atoms with Gasteiger partial charge in [-0.05, 0) is 18.9 Å². The highest BCUT2D eigenvalue weighted by Crippen LogP contribution is 2.36. The van der Waals surface area contributed by atoms with Gasteiger partial charge >= 0.3 is 5.97 Å². The number of hydrogen-bond donors (Lipinski definition) is 1. The van der Waals surface area contributed by atoms with E-state index in [4.69, 9.17) is 9.15 Å². The second-order valence-corrected chi connectivity index (χ2v) is 4.37. The number of aromatic carboxylic acids is 1. The van der Waals surface area contributed by atoms with E-state index in [1.165, 1.54) is 0 Å². The van der Waals surface area contributed by atoms with Gasteiger partial charge in [0.1, 0.15) is 0 Å². The van der Waals surface area contributed by atoms with Gasteiger partial charge < -0.3 is 14.3 Å². The van der Waals surface area contributed by atoms with E-state index in [0.29, 0.717) is 17.9 Å². The molecule has 0 radical (unpaired) electrons. The quantitative estimate of drug-likeness (QED) is 0.897. The molecule has 4 nitrogen and oxygen atoms in total. The second-order valence-electron chi connectivity index (χ2n) is 4.37.